The molecule has 0 fully saturated rings. The number of para-hydroxylation sites is 2. The Bertz CT molecular complexity index is 660. The van der Waals surface area contributed by atoms with E-state index in [2.05, 4.69) is 97.6 Å². The summed E-state index contributed by atoms with van der Waals surface area (Å²) in [6.07, 6.45) is 0. The van der Waals surface area contributed by atoms with Crippen molar-refractivity contribution in [3.05, 3.63) is 58.7 Å². The minimum atomic E-state index is -1.93. The molecule has 0 amide bonds. The molecule has 0 heterocycles. The van der Waals surface area contributed by atoms with Crippen LogP contribution in [0.3, 0.4) is 0 Å². The smallest absolute Gasteiger partial charge is 0.611 e. The van der Waals surface area contributed by atoms with Gasteiger partial charge in [0.25, 0.3) is 0 Å². The van der Waals surface area contributed by atoms with E-state index in [0.717, 1.165) is 11.5 Å². The zero-order valence-electron chi connectivity index (χ0n) is 19.2. The molecule has 2 aromatic carbocycles. The van der Waals surface area contributed by atoms with Gasteiger partial charge in [0.05, 0.1) is 11.5 Å². The molecule has 2 aromatic rings. The molecule has 152 valence electrons. The summed E-state index contributed by atoms with van der Waals surface area (Å²) in [7, 11) is 0. The van der Waals surface area contributed by atoms with Gasteiger partial charge in [0.15, 0.2) is 0 Å². The molecule has 0 atom stereocenters. The van der Waals surface area contributed by atoms with Crippen LogP contribution in [0.5, 0.6) is 11.5 Å². The lowest BCUT2D eigenvalue weighted by atomic mass is 9.94. The van der Waals surface area contributed by atoms with Gasteiger partial charge in [-0.25, -0.2) is 0 Å². The summed E-state index contributed by atoms with van der Waals surface area (Å²) in [5.74, 6) is 5.91. The fourth-order valence-corrected chi connectivity index (χ4v) is 4.85. The normalized spacial score (nSPS) is 11.6. The van der Waals surface area contributed by atoms with Crippen molar-refractivity contribution in [1.82, 2.24) is 0 Å². The second-order valence-corrected chi connectivity index (χ2v) is 10.6. The van der Waals surface area contributed by atoms with Crippen LogP contribution in [0.25, 0.3) is 0 Å². The summed E-state index contributed by atoms with van der Waals surface area (Å²) in [6.45, 7) is 17.8. The maximum Gasteiger partial charge on any atom is 0.853 e. The highest BCUT2D eigenvalue weighted by atomic mass is 27.2. The molecule has 2 nitrogen and oxygen atoms in total. The van der Waals surface area contributed by atoms with E-state index in [4.69, 9.17) is 7.58 Å². The zero-order valence-corrected chi connectivity index (χ0v) is 20.3. The van der Waals surface area contributed by atoms with Crippen LogP contribution >= 0.6 is 0 Å². The lowest BCUT2D eigenvalue weighted by molar-refractivity contribution is 0.415. The molecule has 0 bridgehead atoms. The highest BCUT2D eigenvalue weighted by Crippen LogP contribution is 2.37. The first-order chi connectivity index (χ1) is 13.1. The molecular formula is C25H37AlO2. The van der Waals surface area contributed by atoms with Crippen LogP contribution in [0.2, 0.25) is 5.79 Å². The SMILES string of the molecule is CC(C)c1cccc(C(C)C)c1[O][Al]([CH3])[O]c1c(C(C)C)cccc1C(C)C. The number of hydrogen-bond donors (Lipinski definition) is 0. The predicted molar refractivity (Wildman–Crippen MR) is 122 cm³/mol. The molecule has 0 saturated heterocycles. The fourth-order valence-electron chi connectivity index (χ4n) is 3.59. The average molecular weight is 397 g/mol. The molecule has 0 saturated carbocycles. The largest absolute Gasteiger partial charge is 0.853 e. The van der Waals surface area contributed by atoms with Crippen molar-refractivity contribution in [2.24, 2.45) is 0 Å². The molecule has 0 radical (unpaired) electrons. The Balaban J connectivity index is 2.40. The van der Waals surface area contributed by atoms with Crippen molar-refractivity contribution in [1.29, 1.82) is 0 Å². The third kappa shape index (κ3) is 5.34. The molecule has 0 unspecified atom stereocenters. The third-order valence-electron chi connectivity index (χ3n) is 5.21. The van der Waals surface area contributed by atoms with Gasteiger partial charge in [-0.15, -0.1) is 0 Å². The second kappa shape index (κ2) is 9.86. The first kappa shape index (κ1) is 22.9. The van der Waals surface area contributed by atoms with E-state index in [1.165, 1.54) is 22.3 Å². The highest BCUT2D eigenvalue weighted by molar-refractivity contribution is 6.44. The van der Waals surface area contributed by atoms with Crippen molar-refractivity contribution in [3.63, 3.8) is 0 Å². The third-order valence-corrected chi connectivity index (χ3v) is 6.34. The van der Waals surface area contributed by atoms with Crippen molar-refractivity contribution in [2.75, 3.05) is 0 Å². The maximum atomic E-state index is 6.59. The maximum absolute atomic E-state index is 6.59. The number of hydrogen-bond acceptors (Lipinski definition) is 2. The summed E-state index contributed by atoms with van der Waals surface area (Å²) in [4.78, 5) is 0. The Morgan fingerprint density at radius 2 is 0.786 bits per heavy atom. The van der Waals surface area contributed by atoms with Crippen molar-refractivity contribution >= 4 is 14.8 Å². The highest BCUT2D eigenvalue weighted by Gasteiger charge is 2.30. The quantitative estimate of drug-likeness (QED) is 0.425. The first-order valence-corrected chi connectivity index (χ1v) is 12.8. The van der Waals surface area contributed by atoms with Crippen LogP contribution in [0.15, 0.2) is 36.4 Å². The van der Waals surface area contributed by atoms with E-state index in [1.807, 2.05) is 0 Å². The van der Waals surface area contributed by atoms with Crippen LogP contribution in [-0.4, -0.2) is 14.8 Å². The van der Waals surface area contributed by atoms with Crippen LogP contribution in [0.4, 0.5) is 0 Å². The van der Waals surface area contributed by atoms with Crippen LogP contribution in [-0.2, 0) is 0 Å². The molecule has 3 heteroatoms. The summed E-state index contributed by atoms with van der Waals surface area (Å²) in [5, 5.41) is 0. The van der Waals surface area contributed by atoms with Crippen LogP contribution in [0.1, 0.15) is 101 Å². The minimum absolute atomic E-state index is 0.420. The minimum Gasteiger partial charge on any atom is -0.611 e. The molecular weight excluding hydrogens is 359 g/mol. The van der Waals surface area contributed by atoms with Gasteiger partial charge in [-0.1, -0.05) is 91.8 Å². The predicted octanol–water partition coefficient (Wildman–Crippen LogP) is 7.76. The summed E-state index contributed by atoms with van der Waals surface area (Å²) in [6, 6.07) is 13.1. The summed E-state index contributed by atoms with van der Waals surface area (Å²) in [5.41, 5.74) is 5.09. The molecule has 0 aromatic heterocycles. The van der Waals surface area contributed by atoms with Gasteiger partial charge in [0, 0.05) is 0 Å². The topological polar surface area (TPSA) is 18.5 Å². The van der Waals surface area contributed by atoms with Crippen molar-refractivity contribution in [3.8, 4) is 11.5 Å². The van der Waals surface area contributed by atoms with E-state index in [0.29, 0.717) is 23.7 Å². The van der Waals surface area contributed by atoms with E-state index in [1.54, 1.807) is 0 Å². The van der Waals surface area contributed by atoms with Crippen LogP contribution in [0, 0.1) is 0 Å². The molecule has 0 N–H and O–H groups in total. The Kier molecular flexibility index (Phi) is 8.05. The standard InChI is InChI=1S/2C12H18O.CH3.Al/c2*1-8(2)10-6-5-7-11(9(3)4)12(10)13;;/h2*5-9,13H,1-4H3;1H3;/q;;;+2/p-2. The number of rotatable bonds is 8. The Hall–Kier alpha value is -1.43. The van der Waals surface area contributed by atoms with Gasteiger partial charge in [-0.2, -0.15) is 0 Å². The van der Waals surface area contributed by atoms with Gasteiger partial charge >= 0.3 is 14.8 Å². The molecule has 0 spiro atoms. The first-order valence-electron chi connectivity index (χ1n) is 10.7. The van der Waals surface area contributed by atoms with Gasteiger partial charge < -0.3 is 7.58 Å². The Morgan fingerprint density at radius 1 is 0.536 bits per heavy atom. The van der Waals surface area contributed by atoms with Gasteiger partial charge in [0.2, 0.25) is 0 Å². The molecule has 0 aliphatic rings. The van der Waals surface area contributed by atoms with Gasteiger partial charge in [-0.3, -0.25) is 0 Å². The Morgan fingerprint density at radius 3 is 1.00 bits per heavy atom. The summed E-state index contributed by atoms with van der Waals surface area (Å²) >= 11 is -1.93. The van der Waals surface area contributed by atoms with E-state index < -0.39 is 14.8 Å². The van der Waals surface area contributed by atoms with E-state index in [9.17, 15) is 0 Å². The van der Waals surface area contributed by atoms with E-state index >= 15 is 0 Å². The van der Waals surface area contributed by atoms with Crippen molar-refractivity contribution in [2.45, 2.75) is 84.8 Å². The molecule has 28 heavy (non-hydrogen) atoms. The van der Waals surface area contributed by atoms with Gasteiger partial charge in [-0.05, 0) is 51.7 Å². The lowest BCUT2D eigenvalue weighted by Crippen LogP contribution is -2.28. The molecule has 0 aliphatic heterocycles. The number of benzene rings is 2. The molecule has 0 aliphatic carbocycles. The van der Waals surface area contributed by atoms with Crippen LogP contribution < -0.4 is 7.58 Å². The fraction of sp³-hybridized carbons (Fsp3) is 0.520. The molecule has 2 rings (SSSR count). The van der Waals surface area contributed by atoms with Gasteiger partial charge in [0.1, 0.15) is 0 Å². The zero-order chi connectivity index (χ0) is 21.0. The van der Waals surface area contributed by atoms with Crippen molar-refractivity contribution < 1.29 is 7.58 Å². The van der Waals surface area contributed by atoms with E-state index in [-0.39, 0.29) is 0 Å². The monoisotopic (exact) mass is 396 g/mol. The average Bonchev–Trinajstić information content (AvgIpc) is 2.61. The summed E-state index contributed by atoms with van der Waals surface area (Å²) < 4.78 is 13.2. The second-order valence-electron chi connectivity index (χ2n) is 8.95. The lowest BCUT2D eigenvalue weighted by Gasteiger charge is -2.26. The Labute approximate surface area is 177 Å².